The summed E-state index contributed by atoms with van der Waals surface area (Å²) in [5.41, 5.74) is 3.51. The molecule has 226 valence electrons. The molecule has 0 spiro atoms. The first-order chi connectivity index (χ1) is 21.2. The first-order valence-corrected chi connectivity index (χ1v) is 14.4. The number of ether oxygens (including phenoxy) is 4. The van der Waals surface area contributed by atoms with Crippen molar-refractivity contribution in [2.24, 2.45) is 0 Å². The maximum Gasteiger partial charge on any atom is 0.371 e. The second kappa shape index (κ2) is 13.6. The van der Waals surface area contributed by atoms with Gasteiger partial charge in [-0.1, -0.05) is 18.2 Å². The molecule has 0 amide bonds. The zero-order valence-corrected chi connectivity index (χ0v) is 25.8. The standard InChI is InChI=1S/C20H16O6.C13H11IO4/c1-12-15(9-19(26-12)20(21)22)10-23-16-5-2-13(3-6-16)14-4-7-17-18(8-14)25-11-24-17;1-8-9(6-12(18-8)13(15)16)7-17-11-4-2-10(14)3-5-11/h2-9H,10-11H2,1H3,(H,21,22);2-6H,7H2,1H3,(H,15,16). The van der Waals surface area contributed by atoms with Crippen molar-refractivity contribution in [1.29, 1.82) is 0 Å². The molecular weight excluding hydrogens is 683 g/mol. The molecule has 0 aliphatic carbocycles. The molecule has 44 heavy (non-hydrogen) atoms. The van der Waals surface area contributed by atoms with Crippen LogP contribution < -0.4 is 18.9 Å². The maximum atomic E-state index is 10.9. The van der Waals surface area contributed by atoms with E-state index in [4.69, 9.17) is 38.0 Å². The van der Waals surface area contributed by atoms with Crippen LogP contribution in [0.4, 0.5) is 0 Å². The Bertz CT molecular complexity index is 1770. The summed E-state index contributed by atoms with van der Waals surface area (Å²) in [4.78, 5) is 21.7. The summed E-state index contributed by atoms with van der Waals surface area (Å²) in [6.45, 7) is 4.23. The van der Waals surface area contributed by atoms with Crippen molar-refractivity contribution in [2.45, 2.75) is 27.1 Å². The van der Waals surface area contributed by atoms with E-state index >= 15 is 0 Å². The fourth-order valence-corrected chi connectivity index (χ4v) is 4.57. The molecule has 6 rings (SSSR count). The number of rotatable bonds is 9. The monoisotopic (exact) mass is 710 g/mol. The third-order valence-electron chi connectivity index (χ3n) is 6.63. The third-order valence-corrected chi connectivity index (χ3v) is 7.34. The van der Waals surface area contributed by atoms with Crippen LogP contribution in [0.3, 0.4) is 0 Å². The van der Waals surface area contributed by atoms with Gasteiger partial charge in [-0.15, -0.1) is 0 Å². The number of carboxylic acids is 2. The van der Waals surface area contributed by atoms with Gasteiger partial charge in [0, 0.05) is 14.7 Å². The number of benzene rings is 3. The Balaban J connectivity index is 0.000000187. The molecule has 0 unspecified atom stereocenters. The molecule has 11 heteroatoms. The van der Waals surface area contributed by atoms with E-state index in [0.717, 1.165) is 37.5 Å². The van der Waals surface area contributed by atoms with Gasteiger partial charge in [0.05, 0.1) is 0 Å². The number of hydrogen-bond acceptors (Lipinski definition) is 8. The summed E-state index contributed by atoms with van der Waals surface area (Å²) >= 11 is 2.22. The molecule has 0 saturated heterocycles. The lowest BCUT2D eigenvalue weighted by atomic mass is 10.1. The van der Waals surface area contributed by atoms with E-state index in [1.807, 2.05) is 66.7 Å². The molecule has 10 nitrogen and oxygen atoms in total. The van der Waals surface area contributed by atoms with Crippen LogP contribution in [0, 0.1) is 17.4 Å². The Morgan fingerprint density at radius 1 is 0.682 bits per heavy atom. The van der Waals surface area contributed by atoms with Crippen molar-refractivity contribution in [3.63, 3.8) is 0 Å². The van der Waals surface area contributed by atoms with Gasteiger partial charge in [0.15, 0.2) is 11.5 Å². The van der Waals surface area contributed by atoms with E-state index in [2.05, 4.69) is 22.6 Å². The van der Waals surface area contributed by atoms with Crippen molar-refractivity contribution in [1.82, 2.24) is 0 Å². The van der Waals surface area contributed by atoms with Crippen molar-refractivity contribution >= 4 is 34.5 Å². The van der Waals surface area contributed by atoms with Crippen LogP contribution in [0.5, 0.6) is 23.0 Å². The number of fused-ring (bicyclic) bond motifs is 1. The van der Waals surface area contributed by atoms with Gasteiger partial charge in [-0.2, -0.15) is 0 Å². The highest BCUT2D eigenvalue weighted by molar-refractivity contribution is 14.1. The first-order valence-electron chi connectivity index (χ1n) is 13.3. The van der Waals surface area contributed by atoms with Crippen molar-refractivity contribution in [3.8, 4) is 34.1 Å². The molecule has 0 saturated carbocycles. The summed E-state index contributed by atoms with van der Waals surface area (Å²) in [5, 5.41) is 17.8. The minimum atomic E-state index is -1.09. The number of aryl methyl sites for hydroxylation is 2. The van der Waals surface area contributed by atoms with E-state index in [0.29, 0.717) is 29.4 Å². The highest BCUT2D eigenvalue weighted by atomic mass is 127. The Labute approximate surface area is 265 Å². The molecule has 0 bridgehead atoms. The zero-order valence-electron chi connectivity index (χ0n) is 23.7. The zero-order chi connectivity index (χ0) is 31.2. The van der Waals surface area contributed by atoms with E-state index in [1.165, 1.54) is 12.1 Å². The molecular formula is C33H27IO10. The molecule has 3 heterocycles. The number of furan rings is 2. The average Bonchev–Trinajstić information content (AvgIpc) is 3.74. The predicted molar refractivity (Wildman–Crippen MR) is 167 cm³/mol. The Morgan fingerprint density at radius 2 is 1.16 bits per heavy atom. The normalized spacial score (nSPS) is 11.4. The van der Waals surface area contributed by atoms with Crippen LogP contribution in [0.1, 0.15) is 43.8 Å². The predicted octanol–water partition coefficient (Wildman–Crippen LogP) is 7.73. The summed E-state index contributed by atoms with van der Waals surface area (Å²) in [6, 6.07) is 24.1. The number of carbonyl (C=O) groups is 2. The molecule has 0 fully saturated rings. The Hall–Kier alpha value is -4.91. The summed E-state index contributed by atoms with van der Waals surface area (Å²) < 4.78 is 33.4. The topological polar surface area (TPSA) is 138 Å². The molecule has 2 aromatic heterocycles. The Kier molecular flexibility index (Phi) is 9.44. The van der Waals surface area contributed by atoms with Crippen molar-refractivity contribution in [3.05, 3.63) is 117 Å². The lowest BCUT2D eigenvalue weighted by Crippen LogP contribution is -1.96. The second-order valence-corrected chi connectivity index (χ2v) is 10.9. The fourth-order valence-electron chi connectivity index (χ4n) is 4.21. The van der Waals surface area contributed by atoms with Gasteiger partial charge in [0.2, 0.25) is 18.3 Å². The lowest BCUT2D eigenvalue weighted by molar-refractivity contribution is 0.0651. The molecule has 0 radical (unpaired) electrons. The van der Waals surface area contributed by atoms with Gasteiger partial charge in [-0.25, -0.2) is 9.59 Å². The SMILES string of the molecule is Cc1oc(C(=O)O)cc1COc1ccc(-c2ccc3c(c2)OCO3)cc1.Cc1oc(C(=O)O)cc1COc1ccc(I)cc1. The van der Waals surface area contributed by atoms with E-state index in [9.17, 15) is 9.59 Å². The highest BCUT2D eigenvalue weighted by Crippen LogP contribution is 2.36. The number of halogens is 1. The third kappa shape index (κ3) is 7.53. The van der Waals surface area contributed by atoms with Crippen LogP contribution in [0.2, 0.25) is 0 Å². The molecule has 2 N–H and O–H groups in total. The van der Waals surface area contributed by atoms with Crippen LogP contribution >= 0.6 is 22.6 Å². The quantitative estimate of drug-likeness (QED) is 0.146. The van der Waals surface area contributed by atoms with Crippen LogP contribution in [0.25, 0.3) is 11.1 Å². The largest absolute Gasteiger partial charge is 0.489 e. The van der Waals surface area contributed by atoms with Crippen molar-refractivity contribution < 1.29 is 47.6 Å². The Morgan fingerprint density at radius 3 is 1.66 bits per heavy atom. The van der Waals surface area contributed by atoms with E-state index in [-0.39, 0.29) is 24.9 Å². The number of aromatic carboxylic acids is 2. The highest BCUT2D eigenvalue weighted by Gasteiger charge is 2.16. The van der Waals surface area contributed by atoms with Crippen molar-refractivity contribution in [2.75, 3.05) is 6.79 Å². The molecule has 5 aromatic rings. The average molecular weight is 710 g/mol. The maximum absolute atomic E-state index is 10.9. The van der Waals surface area contributed by atoms with Crippen LogP contribution in [-0.2, 0) is 13.2 Å². The molecule has 1 aliphatic heterocycles. The van der Waals surface area contributed by atoms with Gasteiger partial charge in [0.1, 0.15) is 36.2 Å². The number of carboxylic acid groups (broad SMARTS) is 2. The summed E-state index contributed by atoms with van der Waals surface area (Å²) in [5.74, 6) is 1.73. The van der Waals surface area contributed by atoms with Crippen LogP contribution in [0.15, 0.2) is 87.7 Å². The summed E-state index contributed by atoms with van der Waals surface area (Å²) in [7, 11) is 0. The lowest BCUT2D eigenvalue weighted by Gasteiger charge is -2.07. The van der Waals surface area contributed by atoms with E-state index < -0.39 is 11.9 Å². The van der Waals surface area contributed by atoms with Gasteiger partial charge >= 0.3 is 11.9 Å². The first kappa shape index (κ1) is 30.5. The van der Waals surface area contributed by atoms with Crippen LogP contribution in [-0.4, -0.2) is 28.9 Å². The fraction of sp³-hybridized carbons (Fsp3) is 0.152. The molecule has 3 aromatic carbocycles. The molecule has 0 atom stereocenters. The van der Waals surface area contributed by atoms with Gasteiger partial charge in [-0.05, 0) is 108 Å². The van der Waals surface area contributed by atoms with Gasteiger partial charge in [0.25, 0.3) is 0 Å². The molecule has 1 aliphatic rings. The summed E-state index contributed by atoms with van der Waals surface area (Å²) in [6.07, 6.45) is 0. The smallest absolute Gasteiger partial charge is 0.371 e. The minimum Gasteiger partial charge on any atom is -0.489 e. The van der Waals surface area contributed by atoms with E-state index in [1.54, 1.807) is 13.8 Å². The van der Waals surface area contributed by atoms with Gasteiger partial charge in [-0.3, -0.25) is 0 Å². The second-order valence-electron chi connectivity index (χ2n) is 9.62. The van der Waals surface area contributed by atoms with Gasteiger partial charge < -0.3 is 38.0 Å². The minimum absolute atomic E-state index is 0.0614. The number of hydrogen-bond donors (Lipinski definition) is 2.